The number of fused-ring (bicyclic) bond motifs is 20. The van der Waals surface area contributed by atoms with Crippen molar-refractivity contribution in [2.45, 2.75) is 19.6 Å². The van der Waals surface area contributed by atoms with Gasteiger partial charge in [-0.3, -0.25) is 4.72 Å². The van der Waals surface area contributed by atoms with Gasteiger partial charge < -0.3 is 15.1 Å². The summed E-state index contributed by atoms with van der Waals surface area (Å²) in [4.78, 5) is 33.6. The van der Waals surface area contributed by atoms with Crippen molar-refractivity contribution in [2.75, 3.05) is 4.72 Å². The van der Waals surface area contributed by atoms with Gasteiger partial charge in [-0.25, -0.2) is 79.0 Å². The molecule has 0 saturated carbocycles. The lowest BCUT2D eigenvalue weighted by Gasteiger charge is -2.08. The maximum Gasteiger partial charge on any atom is 0.261 e. The van der Waals surface area contributed by atoms with Gasteiger partial charge in [0.25, 0.3) is 10.0 Å². The molecule has 10 N–H and O–H groups in total. The summed E-state index contributed by atoms with van der Waals surface area (Å²) in [5, 5.41) is 27.6. The van der Waals surface area contributed by atoms with Crippen LogP contribution in [0.4, 0.5) is 5.69 Å². The van der Waals surface area contributed by atoms with Crippen LogP contribution in [0, 0.1) is 0 Å². The summed E-state index contributed by atoms with van der Waals surface area (Å²) in [5.41, 5.74) is 1.28. The maximum atomic E-state index is 13.7. The van der Waals surface area contributed by atoms with Gasteiger partial charge in [-0.05, 0) is 84.9 Å². The summed E-state index contributed by atoms with van der Waals surface area (Å²) in [6.45, 7) is 0. The monoisotopic (exact) mass is 922 g/mol. The number of aromatic hydroxyl groups is 1. The van der Waals surface area contributed by atoms with Crippen LogP contribution in [0.3, 0.4) is 0 Å². The highest BCUT2D eigenvalue weighted by Gasteiger charge is 2.26. The first-order valence-corrected chi connectivity index (χ1v) is 24.1. The van der Waals surface area contributed by atoms with Gasteiger partial charge >= 0.3 is 0 Å². The highest BCUT2D eigenvalue weighted by Crippen LogP contribution is 2.39. The SMILES string of the molecule is NS(=O)(=O)c1ccc2c(c1)-c1nc-2nc2[nH]c(nc3nc(nc4[nH]c(n1)c1ccc(S(N)(=O)=O)cc41)-c1ccc(S(N)(=O)=O)cc1-3)c1ccc(S(=O)(=O)Nc3cccc(O)c3)cc21. The molecule has 316 valence electrons. The zero-order valence-corrected chi connectivity index (χ0v) is 34.8. The van der Waals surface area contributed by atoms with Gasteiger partial charge in [-0.15, -0.1) is 0 Å². The normalized spacial score (nSPS) is 12.9. The van der Waals surface area contributed by atoms with Gasteiger partial charge in [0.1, 0.15) is 28.3 Å². The molecule has 8 aromatic rings. The van der Waals surface area contributed by atoms with E-state index in [1.807, 2.05) is 0 Å². The number of sulfonamides is 4. The molecular formula is C38H26N12O9S4. The number of hydrogen-bond acceptors (Lipinski definition) is 15. The number of anilines is 1. The van der Waals surface area contributed by atoms with Crippen LogP contribution >= 0.6 is 0 Å². The summed E-state index contributed by atoms with van der Waals surface area (Å²) in [6.07, 6.45) is 0. The third-order valence-corrected chi connectivity index (χ3v) is 14.2. The Morgan fingerprint density at radius 1 is 0.429 bits per heavy atom. The zero-order chi connectivity index (χ0) is 44.4. The number of H-pyrrole nitrogens is 2. The predicted molar refractivity (Wildman–Crippen MR) is 229 cm³/mol. The van der Waals surface area contributed by atoms with Crippen LogP contribution in [0.2, 0.25) is 0 Å². The van der Waals surface area contributed by atoms with E-state index in [9.17, 15) is 38.8 Å². The summed E-state index contributed by atoms with van der Waals surface area (Å²) in [5.74, 6) is -0.291. The number of aromatic nitrogens is 8. The minimum absolute atomic E-state index is 0.00309. The fourth-order valence-electron chi connectivity index (χ4n) is 7.19. The number of rotatable bonds is 6. The van der Waals surface area contributed by atoms with Crippen molar-refractivity contribution >= 4 is 89.9 Å². The van der Waals surface area contributed by atoms with Crippen molar-refractivity contribution in [1.29, 1.82) is 0 Å². The van der Waals surface area contributed by atoms with Crippen molar-refractivity contribution in [3.63, 3.8) is 0 Å². The molecule has 8 bridgehead atoms. The van der Waals surface area contributed by atoms with Crippen molar-refractivity contribution in [2.24, 2.45) is 15.4 Å². The number of primary sulfonamides is 3. The molecule has 2 aliphatic heterocycles. The van der Waals surface area contributed by atoms with E-state index >= 15 is 0 Å². The number of hydrogen-bond donors (Lipinski definition) is 7. The molecule has 0 saturated heterocycles. The molecule has 0 spiro atoms. The summed E-state index contributed by atoms with van der Waals surface area (Å²) >= 11 is 0. The molecular weight excluding hydrogens is 897 g/mol. The number of nitrogens with two attached hydrogens (primary N) is 3. The van der Waals surface area contributed by atoms with Gasteiger partial charge in [0.15, 0.2) is 23.3 Å². The van der Waals surface area contributed by atoms with E-state index in [0.29, 0.717) is 21.9 Å². The maximum absolute atomic E-state index is 13.7. The van der Waals surface area contributed by atoms with E-state index in [1.54, 1.807) is 0 Å². The van der Waals surface area contributed by atoms with Crippen LogP contribution < -0.4 is 20.1 Å². The Balaban J connectivity index is 1.34. The minimum atomic E-state index is -4.29. The summed E-state index contributed by atoms with van der Waals surface area (Å²) in [6, 6.07) is 21.5. The van der Waals surface area contributed by atoms with E-state index in [1.165, 1.54) is 97.1 Å². The number of phenolic OH excluding ortho intramolecular Hbond substituents is 1. The first-order valence-electron chi connectivity index (χ1n) is 18.0. The number of nitrogens with one attached hydrogen (secondary N) is 3. The van der Waals surface area contributed by atoms with Crippen LogP contribution in [-0.2, 0) is 40.1 Å². The quantitative estimate of drug-likeness (QED) is 0.126. The van der Waals surface area contributed by atoms with Gasteiger partial charge in [0, 0.05) is 49.9 Å². The second-order valence-electron chi connectivity index (χ2n) is 14.2. The lowest BCUT2D eigenvalue weighted by atomic mass is 10.1. The fourth-order valence-corrected chi connectivity index (χ4v) is 9.89. The van der Waals surface area contributed by atoms with Crippen LogP contribution in [0.1, 0.15) is 0 Å². The first-order chi connectivity index (χ1) is 29.7. The standard InChI is InChI=1S/C38H26N12O9S4/c39-60(52,53)19-4-8-23-27(13-19)35-42-31(23)44-36-29-15-21(62(41,56)57)6-10-25(29)33(46-36)48-38-30-16-22(63(58,59)50-17-2-1-3-18(51)12-17)7-11-26(30)34(49-38)47-37-28-14-20(61(40,54)55)5-9-24(28)32(43-35)45-37/h1-16,50-51H,(H2,39,52,53)(H2,40,54,55)(H2,41,56,57)(H2,42,43,44,45,46,47,48,49). The van der Waals surface area contributed by atoms with Crippen LogP contribution in [0.5, 0.6) is 5.75 Å². The molecule has 0 unspecified atom stereocenters. The van der Waals surface area contributed by atoms with Crippen molar-refractivity contribution in [3.05, 3.63) is 97.1 Å². The Kier molecular flexibility index (Phi) is 8.61. The number of phenols is 1. The van der Waals surface area contributed by atoms with Gasteiger partial charge in [0.2, 0.25) is 30.1 Å². The van der Waals surface area contributed by atoms with E-state index in [4.69, 9.17) is 35.4 Å². The Bertz CT molecular complexity index is 3990. The van der Waals surface area contributed by atoms with E-state index in [2.05, 4.69) is 24.7 Å². The van der Waals surface area contributed by atoms with E-state index in [0.717, 1.165) is 0 Å². The molecule has 10 rings (SSSR count). The van der Waals surface area contributed by atoms with Crippen molar-refractivity contribution in [3.8, 4) is 51.3 Å². The molecule has 0 aliphatic carbocycles. The Hall–Kier alpha value is -7.26. The van der Waals surface area contributed by atoms with Crippen LogP contribution in [0.15, 0.2) is 117 Å². The third-order valence-electron chi connectivity index (χ3n) is 10.1. The molecule has 0 amide bonds. The number of aromatic amines is 2. The van der Waals surface area contributed by atoms with Gasteiger partial charge in [-0.1, -0.05) is 6.07 Å². The molecule has 63 heavy (non-hydrogen) atoms. The molecule has 0 radical (unpaired) electrons. The average Bonchev–Trinajstić information content (AvgIpc) is 3.94. The van der Waals surface area contributed by atoms with Crippen LogP contribution in [-0.4, -0.2) is 78.6 Å². The van der Waals surface area contributed by atoms with Crippen molar-refractivity contribution < 1.29 is 38.8 Å². The van der Waals surface area contributed by atoms with Crippen molar-refractivity contribution in [1.82, 2.24) is 39.9 Å². The fraction of sp³-hybridized carbons (Fsp3) is 0. The average molecular weight is 923 g/mol. The summed E-state index contributed by atoms with van der Waals surface area (Å²) < 4.78 is 105. The lowest BCUT2D eigenvalue weighted by molar-refractivity contribution is 0.475. The molecule has 5 aromatic carbocycles. The second-order valence-corrected chi connectivity index (χ2v) is 20.6. The highest BCUT2D eigenvalue weighted by atomic mass is 32.2. The molecule has 5 heterocycles. The Morgan fingerprint density at radius 2 is 0.825 bits per heavy atom. The molecule has 21 nitrogen and oxygen atoms in total. The Labute approximate surface area is 355 Å². The second kappa shape index (κ2) is 13.6. The molecule has 25 heteroatoms. The smallest absolute Gasteiger partial charge is 0.261 e. The highest BCUT2D eigenvalue weighted by molar-refractivity contribution is 7.92. The van der Waals surface area contributed by atoms with E-state index in [-0.39, 0.29) is 98.8 Å². The Morgan fingerprint density at radius 3 is 1.29 bits per heavy atom. The topological polar surface area (TPSA) is 356 Å². The first kappa shape index (κ1) is 39.9. The number of nitrogens with zero attached hydrogens (tertiary/aromatic N) is 6. The number of benzene rings is 5. The van der Waals surface area contributed by atoms with Crippen LogP contribution in [0.25, 0.3) is 89.7 Å². The largest absolute Gasteiger partial charge is 0.508 e. The molecule has 3 aromatic heterocycles. The molecule has 0 fully saturated rings. The molecule has 2 aliphatic rings. The summed E-state index contributed by atoms with van der Waals surface area (Å²) in [7, 11) is -17.0. The zero-order valence-electron chi connectivity index (χ0n) is 31.5. The third kappa shape index (κ3) is 6.98. The van der Waals surface area contributed by atoms with Gasteiger partial charge in [0.05, 0.1) is 25.3 Å². The van der Waals surface area contributed by atoms with Gasteiger partial charge in [-0.2, -0.15) is 0 Å². The molecule has 0 atom stereocenters. The lowest BCUT2D eigenvalue weighted by Crippen LogP contribution is -2.12. The van der Waals surface area contributed by atoms with E-state index < -0.39 is 40.1 Å². The predicted octanol–water partition coefficient (Wildman–Crippen LogP) is 3.32. The minimum Gasteiger partial charge on any atom is -0.508 e.